The minimum absolute atomic E-state index is 0.126. The third-order valence-electron chi connectivity index (χ3n) is 4.59. The Hall–Kier alpha value is -2.17. The van der Waals surface area contributed by atoms with Crippen molar-refractivity contribution < 1.29 is 9.21 Å². The maximum atomic E-state index is 12.5. The molecule has 0 atom stereocenters. The van der Waals surface area contributed by atoms with E-state index in [0.29, 0.717) is 28.0 Å². The van der Waals surface area contributed by atoms with Crippen molar-refractivity contribution in [1.29, 1.82) is 0 Å². The van der Waals surface area contributed by atoms with E-state index in [-0.39, 0.29) is 16.9 Å². The van der Waals surface area contributed by atoms with E-state index in [2.05, 4.69) is 23.7 Å². The van der Waals surface area contributed by atoms with Gasteiger partial charge in [-0.15, -0.1) is 0 Å². The van der Waals surface area contributed by atoms with Gasteiger partial charge >= 0.3 is 0 Å². The molecule has 0 unspecified atom stereocenters. The van der Waals surface area contributed by atoms with Crippen molar-refractivity contribution in [3.8, 4) is 0 Å². The number of fused-ring (bicyclic) bond motifs is 1. The van der Waals surface area contributed by atoms with Crippen LogP contribution in [-0.2, 0) is 0 Å². The molecule has 2 aromatic heterocycles. The largest absolute Gasteiger partial charge is 0.438 e. The molecule has 0 radical (unpaired) electrons. The SMILES string of the molecule is CC(=O)c1nc(C)cc2c(=O)cc(N3CCC(C)(C)CC3)oc12. The molecule has 23 heavy (non-hydrogen) atoms. The number of hydrogen-bond donors (Lipinski definition) is 0. The molecular formula is C18H22N2O3. The fraction of sp³-hybridized carbons (Fsp3) is 0.500. The maximum absolute atomic E-state index is 12.5. The Kier molecular flexibility index (Phi) is 3.74. The highest BCUT2D eigenvalue weighted by Crippen LogP contribution is 2.32. The molecule has 5 nitrogen and oxygen atoms in total. The van der Waals surface area contributed by atoms with E-state index in [9.17, 15) is 9.59 Å². The first-order valence-electron chi connectivity index (χ1n) is 7.98. The van der Waals surface area contributed by atoms with Crippen LogP contribution in [0.4, 0.5) is 5.88 Å². The van der Waals surface area contributed by atoms with Crippen LogP contribution in [0.1, 0.15) is 49.8 Å². The second-order valence-corrected chi connectivity index (χ2v) is 7.15. The number of nitrogens with zero attached hydrogens (tertiary/aromatic N) is 2. The summed E-state index contributed by atoms with van der Waals surface area (Å²) in [5.41, 5.74) is 1.37. The van der Waals surface area contributed by atoms with E-state index in [1.54, 1.807) is 13.0 Å². The quantitative estimate of drug-likeness (QED) is 0.796. The fourth-order valence-electron chi connectivity index (χ4n) is 3.00. The number of aryl methyl sites for hydroxylation is 1. The van der Waals surface area contributed by atoms with Gasteiger partial charge in [0, 0.05) is 31.8 Å². The van der Waals surface area contributed by atoms with E-state index < -0.39 is 0 Å². The Bertz CT molecular complexity index is 826. The van der Waals surface area contributed by atoms with Crippen molar-refractivity contribution in [1.82, 2.24) is 4.98 Å². The minimum Gasteiger partial charge on any atom is -0.438 e. The van der Waals surface area contributed by atoms with Crippen LogP contribution >= 0.6 is 0 Å². The standard InChI is InChI=1S/C18H22N2O3/c1-11-9-13-14(22)10-15(20-7-5-18(3,4)6-8-20)23-17(13)16(19-11)12(2)21/h9-10H,5-8H2,1-4H3. The Labute approximate surface area is 135 Å². The lowest BCUT2D eigenvalue weighted by molar-refractivity contribution is 0.101. The van der Waals surface area contributed by atoms with E-state index in [0.717, 1.165) is 25.9 Å². The van der Waals surface area contributed by atoms with Crippen molar-refractivity contribution >= 4 is 22.6 Å². The van der Waals surface area contributed by atoms with Gasteiger partial charge in [-0.25, -0.2) is 4.98 Å². The number of anilines is 1. The number of hydrogen-bond acceptors (Lipinski definition) is 5. The topological polar surface area (TPSA) is 63.4 Å². The van der Waals surface area contributed by atoms with Crippen molar-refractivity contribution in [3.05, 3.63) is 33.7 Å². The molecule has 0 aromatic carbocycles. The lowest BCUT2D eigenvalue weighted by atomic mass is 9.83. The number of piperidine rings is 1. The molecule has 0 bridgehead atoms. The highest BCUT2D eigenvalue weighted by Gasteiger charge is 2.27. The first kappa shape index (κ1) is 15.7. The Morgan fingerprint density at radius 1 is 1.26 bits per heavy atom. The van der Waals surface area contributed by atoms with Crippen LogP contribution in [0, 0.1) is 12.3 Å². The average molecular weight is 314 g/mol. The van der Waals surface area contributed by atoms with E-state index >= 15 is 0 Å². The van der Waals surface area contributed by atoms with Gasteiger partial charge in [-0.1, -0.05) is 13.8 Å². The fourth-order valence-corrected chi connectivity index (χ4v) is 3.00. The Morgan fingerprint density at radius 3 is 2.52 bits per heavy atom. The molecule has 1 aliphatic heterocycles. The van der Waals surface area contributed by atoms with Crippen LogP contribution < -0.4 is 10.3 Å². The first-order valence-corrected chi connectivity index (χ1v) is 7.98. The number of rotatable bonds is 2. The third kappa shape index (κ3) is 3.00. The molecule has 2 aromatic rings. The normalized spacial score (nSPS) is 17.5. The molecule has 0 amide bonds. The van der Waals surface area contributed by atoms with Gasteiger partial charge in [0.25, 0.3) is 0 Å². The summed E-state index contributed by atoms with van der Waals surface area (Å²) in [6, 6.07) is 3.21. The average Bonchev–Trinajstić information content (AvgIpc) is 2.47. The minimum atomic E-state index is -0.196. The number of carbonyl (C=O) groups excluding carboxylic acids is 1. The molecule has 3 heterocycles. The molecule has 3 rings (SSSR count). The van der Waals surface area contributed by atoms with E-state index in [1.165, 1.54) is 13.0 Å². The summed E-state index contributed by atoms with van der Waals surface area (Å²) in [6.45, 7) is 9.40. The summed E-state index contributed by atoms with van der Waals surface area (Å²) in [5.74, 6) is 0.338. The molecule has 0 aliphatic carbocycles. The number of Topliss-reactive ketones (excluding diaryl/α,β-unsaturated/α-hetero) is 1. The van der Waals surface area contributed by atoms with Crippen LogP contribution in [0.3, 0.4) is 0 Å². The predicted octanol–water partition coefficient (Wildman–Crippen LogP) is 3.33. The molecular weight excluding hydrogens is 292 g/mol. The van der Waals surface area contributed by atoms with Gasteiger partial charge in [-0.2, -0.15) is 0 Å². The Balaban J connectivity index is 2.11. The maximum Gasteiger partial charge on any atom is 0.200 e. The monoisotopic (exact) mass is 314 g/mol. The number of ketones is 1. The van der Waals surface area contributed by atoms with Gasteiger partial charge in [0.2, 0.25) is 0 Å². The summed E-state index contributed by atoms with van der Waals surface area (Å²) in [4.78, 5) is 30.7. The lowest BCUT2D eigenvalue weighted by Crippen LogP contribution is -2.37. The molecule has 5 heteroatoms. The Morgan fingerprint density at radius 2 is 1.91 bits per heavy atom. The summed E-state index contributed by atoms with van der Waals surface area (Å²) in [5, 5.41) is 0.420. The number of pyridine rings is 1. The van der Waals surface area contributed by atoms with Gasteiger partial charge in [0.15, 0.2) is 22.7 Å². The predicted molar refractivity (Wildman–Crippen MR) is 90.2 cm³/mol. The van der Waals surface area contributed by atoms with Crippen molar-refractivity contribution in [2.45, 2.75) is 40.5 Å². The summed E-state index contributed by atoms with van der Waals surface area (Å²) in [6.07, 6.45) is 2.08. The zero-order valence-electron chi connectivity index (χ0n) is 14.1. The van der Waals surface area contributed by atoms with Crippen molar-refractivity contribution in [2.24, 2.45) is 5.41 Å². The smallest absolute Gasteiger partial charge is 0.200 e. The summed E-state index contributed by atoms with van der Waals surface area (Å²) >= 11 is 0. The molecule has 1 aliphatic rings. The van der Waals surface area contributed by atoms with Crippen molar-refractivity contribution in [2.75, 3.05) is 18.0 Å². The van der Waals surface area contributed by atoms with Gasteiger partial charge in [0.1, 0.15) is 5.69 Å². The lowest BCUT2D eigenvalue weighted by Gasteiger charge is -2.37. The van der Waals surface area contributed by atoms with Crippen LogP contribution in [0.25, 0.3) is 11.0 Å². The summed E-state index contributed by atoms with van der Waals surface area (Å²) < 4.78 is 5.94. The number of carbonyl (C=O) groups is 1. The molecule has 0 saturated carbocycles. The van der Waals surface area contributed by atoms with Gasteiger partial charge in [-0.05, 0) is 31.2 Å². The van der Waals surface area contributed by atoms with Crippen LogP contribution in [0.5, 0.6) is 0 Å². The third-order valence-corrected chi connectivity index (χ3v) is 4.59. The molecule has 0 spiro atoms. The second-order valence-electron chi connectivity index (χ2n) is 7.15. The van der Waals surface area contributed by atoms with Gasteiger partial charge in [-0.3, -0.25) is 9.59 Å². The zero-order chi connectivity index (χ0) is 16.8. The van der Waals surface area contributed by atoms with Crippen molar-refractivity contribution in [3.63, 3.8) is 0 Å². The van der Waals surface area contributed by atoms with Gasteiger partial charge in [0.05, 0.1) is 5.39 Å². The van der Waals surface area contributed by atoms with E-state index in [4.69, 9.17) is 4.42 Å². The number of aromatic nitrogens is 1. The zero-order valence-corrected chi connectivity index (χ0v) is 14.1. The highest BCUT2D eigenvalue weighted by molar-refractivity contribution is 6.03. The molecule has 0 N–H and O–H groups in total. The molecule has 122 valence electrons. The highest BCUT2D eigenvalue weighted by atomic mass is 16.4. The summed E-state index contributed by atoms with van der Waals surface area (Å²) in [7, 11) is 0. The molecule has 1 saturated heterocycles. The first-order chi connectivity index (χ1) is 10.8. The van der Waals surface area contributed by atoms with Gasteiger partial charge < -0.3 is 9.32 Å². The van der Waals surface area contributed by atoms with E-state index in [1.807, 2.05) is 0 Å². The molecule has 1 fully saturated rings. The van der Waals surface area contributed by atoms with Crippen LogP contribution in [0.15, 0.2) is 21.3 Å². The van der Waals surface area contributed by atoms with Crippen LogP contribution in [-0.4, -0.2) is 23.9 Å². The van der Waals surface area contributed by atoms with Crippen LogP contribution in [0.2, 0.25) is 0 Å². The second kappa shape index (κ2) is 5.48.